The molecular weight excluding hydrogens is 389 g/mol. The lowest BCUT2D eigenvalue weighted by Crippen LogP contribution is -2.34. The minimum atomic E-state index is -4.66. The molecule has 1 aromatic carbocycles. The van der Waals surface area contributed by atoms with Crippen LogP contribution in [-0.2, 0) is 22.3 Å². The summed E-state index contributed by atoms with van der Waals surface area (Å²) in [4.78, 5) is 27.6. The molecule has 0 bridgehead atoms. The van der Waals surface area contributed by atoms with E-state index in [2.05, 4.69) is 4.98 Å². The van der Waals surface area contributed by atoms with Gasteiger partial charge in [0.2, 0.25) is 0 Å². The summed E-state index contributed by atoms with van der Waals surface area (Å²) < 4.78 is 43.3. The zero-order chi connectivity index (χ0) is 20.0. The largest absolute Gasteiger partial charge is 0.481 e. The van der Waals surface area contributed by atoms with E-state index in [9.17, 15) is 22.8 Å². The molecule has 1 heterocycles. The normalized spacial score (nSPS) is 11.1. The third-order valence-corrected chi connectivity index (χ3v) is 3.66. The van der Waals surface area contributed by atoms with Crippen molar-refractivity contribution in [1.82, 2.24) is 4.98 Å². The van der Waals surface area contributed by atoms with E-state index in [0.717, 1.165) is 4.90 Å². The second-order valence-electron chi connectivity index (χ2n) is 5.36. The molecule has 0 fully saturated rings. The Morgan fingerprint density at radius 3 is 2.44 bits per heavy atom. The summed E-state index contributed by atoms with van der Waals surface area (Å²) in [6.45, 7) is -0.484. The number of benzene rings is 1. The number of carbonyl (C=O) groups is 2. The van der Waals surface area contributed by atoms with Gasteiger partial charge in [-0.25, -0.2) is 9.78 Å². The fourth-order valence-electron chi connectivity index (χ4n) is 2.07. The molecule has 2 rings (SSSR count). The molecule has 0 radical (unpaired) electrons. The van der Waals surface area contributed by atoms with E-state index < -0.39 is 35.2 Å². The van der Waals surface area contributed by atoms with Gasteiger partial charge in [0.1, 0.15) is 6.61 Å². The highest BCUT2D eigenvalue weighted by Gasteiger charge is 2.33. The molecule has 0 saturated carbocycles. The summed E-state index contributed by atoms with van der Waals surface area (Å²) in [5.41, 5.74) is -0.414. The SMILES string of the molecule is O=C(O)CCN(C(=O)OCc1ccccc1)c1ncc(C(F)(F)F)cc1Cl. The van der Waals surface area contributed by atoms with E-state index in [1.807, 2.05) is 0 Å². The molecule has 0 aliphatic heterocycles. The molecule has 1 N–H and O–H groups in total. The van der Waals surface area contributed by atoms with Crippen molar-refractivity contribution in [2.24, 2.45) is 0 Å². The van der Waals surface area contributed by atoms with Crippen LogP contribution in [0.25, 0.3) is 0 Å². The number of aromatic nitrogens is 1. The van der Waals surface area contributed by atoms with Crippen LogP contribution in [0.5, 0.6) is 0 Å². The van der Waals surface area contributed by atoms with Crippen LogP contribution >= 0.6 is 11.6 Å². The summed E-state index contributed by atoms with van der Waals surface area (Å²) in [5.74, 6) is -1.53. The standard InChI is InChI=1S/C17H14ClF3N2O4/c18-13-8-12(17(19,20)21)9-22-15(13)23(7-6-14(24)25)16(26)27-10-11-4-2-1-3-5-11/h1-5,8-9H,6-7,10H2,(H,24,25). The van der Waals surface area contributed by atoms with Gasteiger partial charge in [-0.15, -0.1) is 0 Å². The zero-order valence-corrected chi connectivity index (χ0v) is 14.5. The van der Waals surface area contributed by atoms with Gasteiger partial charge >= 0.3 is 18.2 Å². The van der Waals surface area contributed by atoms with Crippen molar-refractivity contribution >= 4 is 29.5 Å². The first-order valence-corrected chi connectivity index (χ1v) is 7.99. The molecule has 2 aromatic rings. The topological polar surface area (TPSA) is 79.7 Å². The van der Waals surface area contributed by atoms with Crippen molar-refractivity contribution in [3.05, 3.63) is 58.7 Å². The van der Waals surface area contributed by atoms with Crippen LogP contribution in [-0.4, -0.2) is 28.7 Å². The van der Waals surface area contributed by atoms with Crippen molar-refractivity contribution < 1.29 is 32.6 Å². The Labute approximate surface area is 157 Å². The lowest BCUT2D eigenvalue weighted by atomic mass is 10.2. The molecule has 0 atom stereocenters. The Morgan fingerprint density at radius 1 is 1.22 bits per heavy atom. The lowest BCUT2D eigenvalue weighted by molar-refractivity contribution is -0.138. The maximum absolute atomic E-state index is 12.7. The Kier molecular flexibility index (Phi) is 6.62. The van der Waals surface area contributed by atoms with Crippen molar-refractivity contribution in [2.75, 3.05) is 11.4 Å². The van der Waals surface area contributed by atoms with E-state index in [0.29, 0.717) is 17.8 Å². The molecule has 0 unspecified atom stereocenters. The van der Waals surface area contributed by atoms with E-state index in [1.165, 1.54) is 0 Å². The number of amides is 1. The number of nitrogens with zero attached hydrogens (tertiary/aromatic N) is 2. The molecule has 10 heteroatoms. The number of rotatable bonds is 6. The Bertz CT molecular complexity index is 816. The second kappa shape index (κ2) is 8.72. The summed E-state index contributed by atoms with van der Waals surface area (Å²) in [6.07, 6.45) is -5.59. The van der Waals surface area contributed by atoms with Crippen molar-refractivity contribution in [3.63, 3.8) is 0 Å². The molecule has 1 amide bonds. The number of carbonyl (C=O) groups excluding carboxylic acids is 1. The number of alkyl halides is 3. The summed E-state index contributed by atoms with van der Waals surface area (Å²) in [6, 6.07) is 9.27. The summed E-state index contributed by atoms with van der Waals surface area (Å²) in [7, 11) is 0. The van der Waals surface area contributed by atoms with Crippen LogP contribution < -0.4 is 4.90 Å². The third kappa shape index (κ3) is 5.85. The van der Waals surface area contributed by atoms with Gasteiger partial charge < -0.3 is 9.84 Å². The molecule has 27 heavy (non-hydrogen) atoms. The number of carboxylic acid groups (broad SMARTS) is 1. The second-order valence-corrected chi connectivity index (χ2v) is 5.77. The van der Waals surface area contributed by atoms with Crippen LogP contribution in [0.2, 0.25) is 5.02 Å². The Balaban J connectivity index is 2.22. The number of halogens is 4. The van der Waals surface area contributed by atoms with Gasteiger partial charge in [0.15, 0.2) is 5.82 Å². The van der Waals surface area contributed by atoms with Gasteiger partial charge in [-0.2, -0.15) is 13.2 Å². The first kappa shape index (κ1) is 20.5. The summed E-state index contributed by atoms with van der Waals surface area (Å²) >= 11 is 5.85. The third-order valence-electron chi connectivity index (χ3n) is 3.38. The van der Waals surface area contributed by atoms with Crippen LogP contribution in [0.3, 0.4) is 0 Å². The molecule has 6 nitrogen and oxygen atoms in total. The van der Waals surface area contributed by atoms with Crippen LogP contribution in [0.15, 0.2) is 42.6 Å². The number of hydrogen-bond acceptors (Lipinski definition) is 4. The van der Waals surface area contributed by atoms with E-state index in [1.54, 1.807) is 30.3 Å². The maximum Gasteiger partial charge on any atom is 0.417 e. The van der Waals surface area contributed by atoms with E-state index >= 15 is 0 Å². The molecule has 0 spiro atoms. The van der Waals surface area contributed by atoms with Gasteiger partial charge in [0.05, 0.1) is 17.0 Å². The number of aliphatic carboxylic acids is 1. The van der Waals surface area contributed by atoms with Gasteiger partial charge in [-0.05, 0) is 11.6 Å². The smallest absolute Gasteiger partial charge is 0.417 e. The fraction of sp³-hybridized carbons (Fsp3) is 0.235. The highest BCUT2D eigenvalue weighted by Crippen LogP contribution is 2.33. The quantitative estimate of drug-likeness (QED) is 0.776. The number of anilines is 1. The minimum absolute atomic E-state index is 0.110. The van der Waals surface area contributed by atoms with Crippen molar-refractivity contribution in [3.8, 4) is 0 Å². The van der Waals surface area contributed by atoms with Crippen molar-refractivity contribution in [1.29, 1.82) is 0 Å². The highest BCUT2D eigenvalue weighted by molar-refractivity contribution is 6.33. The average molecular weight is 403 g/mol. The Hall–Kier alpha value is -2.81. The lowest BCUT2D eigenvalue weighted by Gasteiger charge is -2.22. The van der Waals surface area contributed by atoms with E-state index in [-0.39, 0.29) is 19.0 Å². The van der Waals surface area contributed by atoms with E-state index in [4.69, 9.17) is 21.4 Å². The van der Waals surface area contributed by atoms with Crippen molar-refractivity contribution in [2.45, 2.75) is 19.2 Å². The van der Waals surface area contributed by atoms with Gasteiger partial charge in [0, 0.05) is 12.7 Å². The van der Waals surface area contributed by atoms with Crippen LogP contribution in [0.4, 0.5) is 23.8 Å². The number of carboxylic acids is 1. The molecule has 1 aromatic heterocycles. The zero-order valence-electron chi connectivity index (χ0n) is 13.7. The maximum atomic E-state index is 12.7. The first-order valence-electron chi connectivity index (χ1n) is 7.61. The number of hydrogen-bond donors (Lipinski definition) is 1. The van der Waals surface area contributed by atoms with Crippen LogP contribution in [0, 0.1) is 0 Å². The van der Waals surface area contributed by atoms with Crippen LogP contribution in [0.1, 0.15) is 17.5 Å². The average Bonchev–Trinajstić information content (AvgIpc) is 2.61. The number of ether oxygens (including phenoxy) is 1. The molecular formula is C17H14ClF3N2O4. The van der Waals surface area contributed by atoms with Gasteiger partial charge in [0.25, 0.3) is 0 Å². The Morgan fingerprint density at radius 2 is 1.89 bits per heavy atom. The highest BCUT2D eigenvalue weighted by atomic mass is 35.5. The number of pyridine rings is 1. The summed E-state index contributed by atoms with van der Waals surface area (Å²) in [5, 5.41) is 8.39. The van der Waals surface area contributed by atoms with Gasteiger partial charge in [-0.3, -0.25) is 9.69 Å². The molecule has 0 aliphatic carbocycles. The minimum Gasteiger partial charge on any atom is -0.481 e. The first-order chi connectivity index (χ1) is 12.7. The molecule has 0 aliphatic rings. The fourth-order valence-corrected chi connectivity index (χ4v) is 2.34. The monoisotopic (exact) mass is 402 g/mol. The predicted molar refractivity (Wildman–Crippen MR) is 90.5 cm³/mol. The molecule has 0 saturated heterocycles. The van der Waals surface area contributed by atoms with Gasteiger partial charge in [-0.1, -0.05) is 41.9 Å². The molecule has 144 valence electrons. The predicted octanol–water partition coefficient (Wildman–Crippen LogP) is 4.37.